The van der Waals surface area contributed by atoms with E-state index in [0.717, 1.165) is 18.3 Å². The first kappa shape index (κ1) is 23.4. The largest absolute Gasteiger partial charge is 0.385 e. The lowest BCUT2D eigenvalue weighted by Gasteiger charge is -2.72. The fourth-order valence-corrected chi connectivity index (χ4v) is 11.6. The summed E-state index contributed by atoms with van der Waals surface area (Å²) in [4.78, 5) is 13.0. The summed E-state index contributed by atoms with van der Waals surface area (Å²) in [5, 5.41) is 10.9. The Balaban J connectivity index is 1.53. The summed E-state index contributed by atoms with van der Waals surface area (Å²) in [6, 6.07) is 0. The summed E-state index contributed by atoms with van der Waals surface area (Å²) in [6.07, 6.45) is 12.0. The van der Waals surface area contributed by atoms with Gasteiger partial charge in [0.15, 0.2) is 5.78 Å². The molecule has 5 rings (SSSR count). The van der Waals surface area contributed by atoms with Gasteiger partial charge in [-0.2, -0.15) is 0 Å². The molecule has 0 amide bonds. The Labute approximate surface area is 197 Å². The van der Waals surface area contributed by atoms with Crippen molar-refractivity contribution in [2.45, 2.75) is 126 Å². The van der Waals surface area contributed by atoms with Crippen LogP contribution in [0.2, 0.25) is 0 Å². The predicted octanol–water partition coefficient (Wildman–Crippen LogP) is 7.43. The molecule has 0 heterocycles. The van der Waals surface area contributed by atoms with Crippen molar-refractivity contribution < 1.29 is 9.90 Å². The average molecular weight is 443 g/mol. The molecule has 9 atom stereocenters. The van der Waals surface area contributed by atoms with Gasteiger partial charge in [0.2, 0.25) is 0 Å². The number of aliphatic hydroxyl groups excluding tert-OH is 1. The van der Waals surface area contributed by atoms with Crippen molar-refractivity contribution in [3.63, 3.8) is 0 Å². The Hall–Kier alpha value is -0.370. The summed E-state index contributed by atoms with van der Waals surface area (Å²) in [6.45, 7) is 19.7. The lowest BCUT2D eigenvalue weighted by molar-refractivity contribution is -0.238. The maximum Gasteiger partial charge on any atom is 0.167 e. The van der Waals surface area contributed by atoms with E-state index in [1.807, 2.05) is 0 Å². The molecule has 5 fully saturated rings. The summed E-state index contributed by atoms with van der Waals surface area (Å²) < 4.78 is 0. The minimum Gasteiger partial charge on any atom is -0.385 e. The highest BCUT2D eigenvalue weighted by atomic mass is 16.3. The second-order valence-electron chi connectivity index (χ2n) is 15.7. The van der Waals surface area contributed by atoms with E-state index in [1.165, 1.54) is 51.4 Å². The standard InChI is InChI=1S/C30H50O2/c1-25(2)15-16-27(5)12-9-21-28(6)13-10-20-26(3,4)24(32)19(31)17-30(20,8)22(28)11-14-29(21,7)23(27)18-25/h19-23,31H,9-18H2,1-8H3/t19-,20+,21+,22-,23-,27+,28+,29-,30+/m1/s1. The van der Waals surface area contributed by atoms with Crippen molar-refractivity contribution in [1.82, 2.24) is 0 Å². The lowest BCUT2D eigenvalue weighted by atomic mass is 9.32. The number of fused-ring (bicyclic) bond motifs is 7. The molecule has 32 heavy (non-hydrogen) atoms. The van der Waals surface area contributed by atoms with Gasteiger partial charge in [-0.05, 0) is 115 Å². The molecule has 2 nitrogen and oxygen atoms in total. The average Bonchev–Trinajstić information content (AvgIpc) is 2.67. The van der Waals surface area contributed by atoms with E-state index < -0.39 is 11.5 Å². The number of Topliss-reactive ketones (excluding diaryl/α,β-unsaturated/α-hetero) is 1. The first-order valence-corrected chi connectivity index (χ1v) is 13.8. The van der Waals surface area contributed by atoms with Crippen LogP contribution in [0.5, 0.6) is 0 Å². The number of aliphatic hydroxyl groups is 1. The molecule has 0 saturated heterocycles. The van der Waals surface area contributed by atoms with Crippen LogP contribution in [0, 0.1) is 56.2 Å². The normalized spacial score (nSPS) is 56.4. The molecule has 0 aromatic rings. The van der Waals surface area contributed by atoms with E-state index in [-0.39, 0.29) is 11.2 Å². The van der Waals surface area contributed by atoms with E-state index in [1.54, 1.807) is 0 Å². The van der Waals surface area contributed by atoms with Crippen LogP contribution in [0.3, 0.4) is 0 Å². The number of ketones is 1. The smallest absolute Gasteiger partial charge is 0.167 e. The zero-order valence-electron chi connectivity index (χ0n) is 22.3. The summed E-state index contributed by atoms with van der Waals surface area (Å²) >= 11 is 0. The van der Waals surface area contributed by atoms with E-state index in [0.29, 0.717) is 39.9 Å². The van der Waals surface area contributed by atoms with Crippen LogP contribution in [-0.4, -0.2) is 17.0 Å². The van der Waals surface area contributed by atoms with Crippen LogP contribution in [-0.2, 0) is 4.79 Å². The third kappa shape index (κ3) is 2.83. The van der Waals surface area contributed by atoms with Gasteiger partial charge in [-0.3, -0.25) is 4.79 Å². The molecule has 0 bridgehead atoms. The molecule has 1 N–H and O–H groups in total. The summed E-state index contributed by atoms with van der Waals surface area (Å²) in [5.41, 5.74) is 1.48. The van der Waals surface area contributed by atoms with Gasteiger partial charge in [-0.1, -0.05) is 55.4 Å². The number of hydrogen-bond donors (Lipinski definition) is 1. The van der Waals surface area contributed by atoms with Crippen LogP contribution in [0.1, 0.15) is 120 Å². The second-order valence-corrected chi connectivity index (χ2v) is 15.7. The zero-order chi connectivity index (χ0) is 23.5. The first-order chi connectivity index (χ1) is 14.6. The molecule has 182 valence electrons. The molecule has 0 aliphatic heterocycles. The molecule has 0 unspecified atom stereocenters. The molecule has 2 heteroatoms. The molecular weight excluding hydrogens is 392 g/mol. The van der Waals surface area contributed by atoms with Crippen molar-refractivity contribution in [3.05, 3.63) is 0 Å². The van der Waals surface area contributed by atoms with E-state index in [4.69, 9.17) is 0 Å². The van der Waals surface area contributed by atoms with Gasteiger partial charge in [0.1, 0.15) is 6.10 Å². The molecule has 0 spiro atoms. The van der Waals surface area contributed by atoms with Crippen LogP contribution in [0.15, 0.2) is 0 Å². The minimum atomic E-state index is -0.768. The quantitative estimate of drug-likeness (QED) is 0.423. The Bertz CT molecular complexity index is 812. The fourth-order valence-electron chi connectivity index (χ4n) is 11.6. The Morgan fingerprint density at radius 2 is 1.16 bits per heavy atom. The molecule has 5 aliphatic carbocycles. The minimum absolute atomic E-state index is 0.0811. The molecule has 5 saturated carbocycles. The number of carbonyl (C=O) groups excluding carboxylic acids is 1. The van der Waals surface area contributed by atoms with Gasteiger partial charge in [0.05, 0.1) is 0 Å². The number of carbonyl (C=O) groups is 1. The van der Waals surface area contributed by atoms with Crippen molar-refractivity contribution in [1.29, 1.82) is 0 Å². The molecule has 0 radical (unpaired) electrons. The first-order valence-electron chi connectivity index (χ1n) is 13.8. The van der Waals surface area contributed by atoms with Gasteiger partial charge in [0, 0.05) is 5.41 Å². The molecule has 0 aromatic carbocycles. The molecule has 5 aliphatic rings. The maximum absolute atomic E-state index is 13.0. The van der Waals surface area contributed by atoms with Crippen LogP contribution < -0.4 is 0 Å². The molecule has 0 aromatic heterocycles. The third-order valence-electron chi connectivity index (χ3n) is 13.1. The van der Waals surface area contributed by atoms with E-state index in [2.05, 4.69) is 55.4 Å². The summed E-state index contributed by atoms with van der Waals surface area (Å²) in [7, 11) is 0. The molecular formula is C30H50O2. The summed E-state index contributed by atoms with van der Waals surface area (Å²) in [5.74, 6) is 2.78. The van der Waals surface area contributed by atoms with Gasteiger partial charge < -0.3 is 5.11 Å². The predicted molar refractivity (Wildman–Crippen MR) is 131 cm³/mol. The van der Waals surface area contributed by atoms with Crippen molar-refractivity contribution in [3.8, 4) is 0 Å². The Morgan fingerprint density at radius 3 is 1.81 bits per heavy atom. The van der Waals surface area contributed by atoms with Gasteiger partial charge in [-0.15, -0.1) is 0 Å². The lowest BCUT2D eigenvalue weighted by Crippen LogP contribution is -2.67. The highest BCUT2D eigenvalue weighted by molar-refractivity contribution is 5.89. The van der Waals surface area contributed by atoms with E-state index in [9.17, 15) is 9.90 Å². The second kappa shape index (κ2) is 6.64. The SMILES string of the molecule is CC1(C)CC[C@]2(C)CC[C@H]3[C@]4(C)CC[C@H]5C(C)(C)C(=O)[C@H](O)C[C@]5(C)[C@@H]4CC[C@@]3(C)[C@@H]2C1. The van der Waals surface area contributed by atoms with Crippen LogP contribution >= 0.6 is 0 Å². The topological polar surface area (TPSA) is 37.3 Å². The van der Waals surface area contributed by atoms with Crippen LogP contribution in [0.4, 0.5) is 0 Å². The maximum atomic E-state index is 13.0. The fraction of sp³-hybridized carbons (Fsp3) is 0.967. The highest BCUT2D eigenvalue weighted by Gasteiger charge is 2.69. The number of rotatable bonds is 0. The van der Waals surface area contributed by atoms with Gasteiger partial charge >= 0.3 is 0 Å². The Morgan fingerprint density at radius 1 is 0.625 bits per heavy atom. The highest BCUT2D eigenvalue weighted by Crippen LogP contribution is 2.76. The van der Waals surface area contributed by atoms with Gasteiger partial charge in [-0.25, -0.2) is 0 Å². The van der Waals surface area contributed by atoms with Gasteiger partial charge in [0.25, 0.3) is 0 Å². The van der Waals surface area contributed by atoms with Crippen LogP contribution in [0.25, 0.3) is 0 Å². The third-order valence-corrected chi connectivity index (χ3v) is 13.1. The monoisotopic (exact) mass is 442 g/mol. The zero-order valence-corrected chi connectivity index (χ0v) is 22.3. The number of hydrogen-bond acceptors (Lipinski definition) is 2. The Kier molecular flexibility index (Phi) is 4.85. The van der Waals surface area contributed by atoms with Crippen molar-refractivity contribution in [2.24, 2.45) is 56.2 Å². The van der Waals surface area contributed by atoms with E-state index >= 15 is 0 Å². The van der Waals surface area contributed by atoms with Crippen molar-refractivity contribution >= 4 is 5.78 Å². The van der Waals surface area contributed by atoms with Crippen molar-refractivity contribution in [2.75, 3.05) is 0 Å².